The molecule has 1 fully saturated rings. The predicted octanol–water partition coefficient (Wildman–Crippen LogP) is 3.01. The van der Waals surface area contributed by atoms with Crippen molar-refractivity contribution in [2.75, 3.05) is 5.32 Å². The number of hydrogen-bond acceptors (Lipinski definition) is 4. The molecule has 0 aliphatic heterocycles. The zero-order valence-electron chi connectivity index (χ0n) is 14.8. The molecule has 0 spiro atoms. The molecule has 4 N–H and O–H groups in total. The summed E-state index contributed by atoms with van der Waals surface area (Å²) in [4.78, 5) is 23.1. The van der Waals surface area contributed by atoms with E-state index in [9.17, 15) is 14.7 Å². The molecule has 0 saturated heterocycles. The molecule has 7 heteroatoms. The van der Waals surface area contributed by atoms with Crippen molar-refractivity contribution in [3.05, 3.63) is 53.9 Å². The zero-order valence-corrected chi connectivity index (χ0v) is 14.8. The first-order chi connectivity index (χ1) is 12.9. The Morgan fingerprint density at radius 1 is 1.30 bits per heavy atom. The highest BCUT2D eigenvalue weighted by Gasteiger charge is 2.29. The van der Waals surface area contributed by atoms with Crippen LogP contribution in [0.15, 0.2) is 42.7 Å². The average Bonchev–Trinajstić information content (AvgIpc) is 3.40. The molecule has 0 radical (unpaired) electrons. The van der Waals surface area contributed by atoms with Gasteiger partial charge in [-0.05, 0) is 49.4 Å². The van der Waals surface area contributed by atoms with Gasteiger partial charge in [0, 0.05) is 17.8 Å². The number of nitrogens with zero attached hydrogens (tertiary/aromatic N) is 2. The number of benzene rings is 1. The Bertz CT molecular complexity index is 1050. The van der Waals surface area contributed by atoms with Crippen LogP contribution in [0, 0.1) is 5.92 Å². The van der Waals surface area contributed by atoms with Crippen LogP contribution in [0.1, 0.15) is 40.5 Å². The van der Waals surface area contributed by atoms with Gasteiger partial charge < -0.3 is 16.2 Å². The van der Waals surface area contributed by atoms with E-state index >= 15 is 0 Å². The Morgan fingerprint density at radius 3 is 2.74 bits per heavy atom. The zero-order chi connectivity index (χ0) is 19.1. The lowest BCUT2D eigenvalue weighted by molar-refractivity contribution is 0.0696. The van der Waals surface area contributed by atoms with Crippen molar-refractivity contribution in [3.8, 4) is 11.1 Å². The van der Waals surface area contributed by atoms with E-state index in [0.29, 0.717) is 17.2 Å². The van der Waals surface area contributed by atoms with Crippen molar-refractivity contribution in [2.24, 2.45) is 11.7 Å². The highest BCUT2D eigenvalue weighted by molar-refractivity contribution is 6.02. The van der Waals surface area contributed by atoms with Crippen molar-refractivity contribution < 1.29 is 14.7 Å². The fourth-order valence-electron chi connectivity index (χ4n) is 3.33. The maximum absolute atomic E-state index is 11.9. The number of rotatable bonds is 6. The van der Waals surface area contributed by atoms with Crippen LogP contribution in [0.3, 0.4) is 0 Å². The number of carboxylic acids is 1. The van der Waals surface area contributed by atoms with E-state index in [2.05, 4.69) is 17.3 Å². The summed E-state index contributed by atoms with van der Waals surface area (Å²) in [5, 5.41) is 16.9. The number of aromatic carboxylic acids is 1. The summed E-state index contributed by atoms with van der Waals surface area (Å²) < 4.78 is 1.68. The van der Waals surface area contributed by atoms with Gasteiger partial charge in [-0.25, -0.2) is 9.31 Å². The molecule has 138 valence electrons. The minimum Gasteiger partial charge on any atom is -0.478 e. The summed E-state index contributed by atoms with van der Waals surface area (Å²) >= 11 is 0. The second kappa shape index (κ2) is 6.42. The number of nitrogens with two attached hydrogens (primary N) is 1. The van der Waals surface area contributed by atoms with Gasteiger partial charge in [-0.1, -0.05) is 12.1 Å². The molecule has 27 heavy (non-hydrogen) atoms. The summed E-state index contributed by atoms with van der Waals surface area (Å²) in [6.07, 6.45) is 5.63. The molecule has 1 saturated carbocycles. The summed E-state index contributed by atoms with van der Waals surface area (Å²) in [7, 11) is 0. The molecular weight excluding hydrogens is 344 g/mol. The van der Waals surface area contributed by atoms with Gasteiger partial charge in [0.1, 0.15) is 0 Å². The van der Waals surface area contributed by atoms with Gasteiger partial charge in [-0.3, -0.25) is 4.79 Å². The van der Waals surface area contributed by atoms with Crippen molar-refractivity contribution >= 4 is 23.1 Å². The number of anilines is 1. The molecule has 4 rings (SSSR count). The number of hydrogen-bond donors (Lipinski definition) is 3. The summed E-state index contributed by atoms with van der Waals surface area (Å²) in [6.45, 7) is 2.10. The van der Waals surface area contributed by atoms with Gasteiger partial charge in [0.25, 0.3) is 5.91 Å². The third kappa shape index (κ3) is 3.23. The van der Waals surface area contributed by atoms with Crippen molar-refractivity contribution in [1.29, 1.82) is 0 Å². The van der Waals surface area contributed by atoms with E-state index in [1.54, 1.807) is 22.7 Å². The van der Waals surface area contributed by atoms with E-state index in [0.717, 1.165) is 16.6 Å². The van der Waals surface area contributed by atoms with Crippen molar-refractivity contribution in [2.45, 2.75) is 25.8 Å². The SMILES string of the molecule is C[C@@H](Nc1c(C(N)=O)cnn2cc(-c3cccc(C(=O)O)c3)cc12)C1CC1. The first-order valence-corrected chi connectivity index (χ1v) is 8.85. The smallest absolute Gasteiger partial charge is 0.335 e. The number of amides is 1. The van der Waals surface area contributed by atoms with Gasteiger partial charge in [-0.2, -0.15) is 5.10 Å². The Kier molecular flexibility index (Phi) is 4.07. The standard InChI is InChI=1S/C20H20N4O3/c1-11(12-5-6-12)23-18-16(19(21)25)9-22-24-10-15(8-17(18)24)13-3-2-4-14(7-13)20(26)27/h2-4,7-12,23H,5-6H2,1H3,(H2,21,25)(H,26,27)/t11-/m1/s1. The maximum atomic E-state index is 11.9. The predicted molar refractivity (Wildman–Crippen MR) is 102 cm³/mol. The molecule has 1 aromatic carbocycles. The van der Waals surface area contributed by atoms with E-state index < -0.39 is 11.9 Å². The fraction of sp³-hybridized carbons (Fsp3) is 0.250. The summed E-state index contributed by atoms with van der Waals surface area (Å²) in [6, 6.07) is 8.83. The van der Waals surface area contributed by atoms with Crippen LogP contribution in [-0.2, 0) is 0 Å². The van der Waals surface area contributed by atoms with Crippen LogP contribution in [-0.4, -0.2) is 32.6 Å². The number of primary amides is 1. The Morgan fingerprint density at radius 2 is 2.07 bits per heavy atom. The highest BCUT2D eigenvalue weighted by Crippen LogP contribution is 2.36. The summed E-state index contributed by atoms with van der Waals surface area (Å²) in [5.41, 5.74) is 9.09. The minimum absolute atomic E-state index is 0.217. The molecule has 7 nitrogen and oxygen atoms in total. The number of carboxylic acid groups (broad SMARTS) is 1. The number of aromatic nitrogens is 2. The Balaban J connectivity index is 1.82. The number of carbonyl (C=O) groups is 2. The van der Waals surface area contributed by atoms with E-state index in [4.69, 9.17) is 5.73 Å². The highest BCUT2D eigenvalue weighted by atomic mass is 16.4. The molecular formula is C20H20N4O3. The molecule has 1 atom stereocenters. The molecule has 1 amide bonds. The molecule has 1 aliphatic carbocycles. The third-order valence-corrected chi connectivity index (χ3v) is 5.05. The fourth-order valence-corrected chi connectivity index (χ4v) is 3.33. The lowest BCUT2D eigenvalue weighted by Crippen LogP contribution is -2.22. The van der Waals surface area contributed by atoms with E-state index in [1.165, 1.54) is 19.0 Å². The summed E-state index contributed by atoms with van der Waals surface area (Å²) in [5.74, 6) is -0.915. The van der Waals surface area contributed by atoms with Gasteiger partial charge in [-0.15, -0.1) is 0 Å². The molecule has 0 bridgehead atoms. The second-order valence-electron chi connectivity index (χ2n) is 7.01. The van der Waals surface area contributed by atoms with Gasteiger partial charge in [0.2, 0.25) is 0 Å². The molecule has 0 unspecified atom stereocenters. The van der Waals surface area contributed by atoms with Crippen LogP contribution in [0.4, 0.5) is 5.69 Å². The number of fused-ring (bicyclic) bond motifs is 1. The van der Waals surface area contributed by atoms with Crippen LogP contribution < -0.4 is 11.1 Å². The van der Waals surface area contributed by atoms with E-state index in [-0.39, 0.29) is 11.6 Å². The van der Waals surface area contributed by atoms with Gasteiger partial charge in [0.15, 0.2) is 0 Å². The number of nitrogens with one attached hydrogen (secondary N) is 1. The van der Waals surface area contributed by atoms with Crippen molar-refractivity contribution in [3.63, 3.8) is 0 Å². The van der Waals surface area contributed by atoms with Crippen LogP contribution in [0.2, 0.25) is 0 Å². The average molecular weight is 364 g/mol. The van der Waals surface area contributed by atoms with Gasteiger partial charge in [0.05, 0.1) is 28.5 Å². The van der Waals surface area contributed by atoms with Crippen molar-refractivity contribution in [1.82, 2.24) is 9.61 Å². The lowest BCUT2D eigenvalue weighted by Gasteiger charge is -2.17. The molecule has 2 heterocycles. The quantitative estimate of drug-likeness (QED) is 0.623. The monoisotopic (exact) mass is 364 g/mol. The maximum Gasteiger partial charge on any atom is 0.335 e. The normalized spacial score (nSPS) is 14.9. The lowest BCUT2D eigenvalue weighted by atomic mass is 10.1. The Labute approximate surface area is 155 Å². The topological polar surface area (TPSA) is 110 Å². The van der Waals surface area contributed by atoms with Gasteiger partial charge >= 0.3 is 5.97 Å². The minimum atomic E-state index is -0.977. The van der Waals surface area contributed by atoms with Crippen LogP contribution >= 0.6 is 0 Å². The van der Waals surface area contributed by atoms with Crippen LogP contribution in [0.5, 0.6) is 0 Å². The Hall–Kier alpha value is -3.35. The first kappa shape index (κ1) is 17.1. The second-order valence-corrected chi connectivity index (χ2v) is 7.01. The molecule has 3 aromatic rings. The third-order valence-electron chi connectivity index (χ3n) is 5.05. The van der Waals surface area contributed by atoms with E-state index in [1.807, 2.05) is 18.3 Å². The number of carbonyl (C=O) groups excluding carboxylic acids is 1. The molecule has 2 aromatic heterocycles. The largest absolute Gasteiger partial charge is 0.478 e. The first-order valence-electron chi connectivity index (χ1n) is 8.85. The molecule has 1 aliphatic rings. The van der Waals surface area contributed by atoms with Crippen LogP contribution in [0.25, 0.3) is 16.6 Å².